The van der Waals surface area contributed by atoms with Gasteiger partial charge in [0.1, 0.15) is 30.3 Å². The van der Waals surface area contributed by atoms with Crippen molar-refractivity contribution in [1.82, 2.24) is 19.6 Å². The van der Waals surface area contributed by atoms with Crippen LogP contribution in [0.4, 0.5) is 5.82 Å². The van der Waals surface area contributed by atoms with Gasteiger partial charge in [-0.3, -0.25) is 9.09 Å². The van der Waals surface area contributed by atoms with Gasteiger partial charge in [0.2, 0.25) is 0 Å². The Morgan fingerprint density at radius 2 is 1.80 bits per heavy atom. The number of halogens is 1. The number of hydrogen-bond donors (Lipinski definition) is 3. The predicted molar refractivity (Wildman–Crippen MR) is 158 cm³/mol. The van der Waals surface area contributed by atoms with Gasteiger partial charge in [0.25, 0.3) is 0 Å². The third kappa shape index (κ3) is 6.60. The molecule has 0 radical (unpaired) electrons. The van der Waals surface area contributed by atoms with E-state index in [0.29, 0.717) is 39.8 Å². The summed E-state index contributed by atoms with van der Waals surface area (Å²) in [4.78, 5) is 9.15. The first-order chi connectivity index (χ1) is 18.7. The molecule has 2 heterocycles. The Morgan fingerprint density at radius 1 is 1.12 bits per heavy atom. The summed E-state index contributed by atoms with van der Waals surface area (Å²) in [6, 6.07) is 13.6. The van der Waals surface area contributed by atoms with E-state index >= 15 is 0 Å². The highest BCUT2D eigenvalue weighted by molar-refractivity contribution is 7.52. The highest BCUT2D eigenvalue weighted by Gasteiger charge is 2.38. The molecule has 3 atom stereocenters. The van der Waals surface area contributed by atoms with Crippen molar-refractivity contribution in [1.29, 1.82) is 0 Å². The van der Waals surface area contributed by atoms with E-state index in [1.54, 1.807) is 35.8 Å². The summed E-state index contributed by atoms with van der Waals surface area (Å²) in [6.45, 7) is 11.5. The second kappa shape index (κ2) is 11.6. The molecular formula is C28H37ClN5O5P. The first-order valence-electron chi connectivity index (χ1n) is 13.1. The molecule has 0 fully saturated rings. The van der Waals surface area contributed by atoms with Crippen LogP contribution in [0.3, 0.4) is 0 Å². The standard InChI is InChI=1S/C28H37ClN5O5P/c1-7-37-16-23-32-24-25(21-10-8-9-11-22(21)31-26(24)30)34(23)28(6,35)17-38-40(36,33-18(2)27(3,4)5)39-20-14-12-19(29)13-15-20/h8-15,18,35H,7,16-17H2,1-6H3,(H2,30,31)(H,33,36)/t18-,28?,40?/m0/s1. The Morgan fingerprint density at radius 3 is 2.45 bits per heavy atom. The molecule has 0 aliphatic carbocycles. The molecule has 2 aromatic carbocycles. The second-order valence-corrected chi connectivity index (χ2v) is 13.1. The van der Waals surface area contributed by atoms with E-state index in [1.807, 2.05) is 58.9 Å². The molecule has 2 aromatic heterocycles. The highest BCUT2D eigenvalue weighted by atomic mass is 35.5. The van der Waals surface area contributed by atoms with Gasteiger partial charge in [-0.15, -0.1) is 0 Å². The molecule has 0 saturated carbocycles. The number of nitrogens with one attached hydrogen (secondary N) is 1. The summed E-state index contributed by atoms with van der Waals surface area (Å²) in [6.07, 6.45) is 0. The van der Waals surface area contributed by atoms with E-state index < -0.39 is 20.1 Å². The zero-order valence-electron chi connectivity index (χ0n) is 23.6. The largest absolute Gasteiger partial charge is 0.459 e. The molecule has 40 heavy (non-hydrogen) atoms. The monoisotopic (exact) mass is 589 g/mol. The van der Waals surface area contributed by atoms with Crippen molar-refractivity contribution in [2.45, 2.75) is 59.9 Å². The average Bonchev–Trinajstić information content (AvgIpc) is 3.29. The van der Waals surface area contributed by atoms with E-state index in [9.17, 15) is 9.67 Å². The van der Waals surface area contributed by atoms with Gasteiger partial charge in [0.05, 0.1) is 11.0 Å². The van der Waals surface area contributed by atoms with Gasteiger partial charge < -0.3 is 20.1 Å². The number of ether oxygens (including phenoxy) is 1. The minimum atomic E-state index is -4.02. The van der Waals surface area contributed by atoms with Crippen molar-refractivity contribution < 1.29 is 23.5 Å². The maximum absolute atomic E-state index is 14.1. The van der Waals surface area contributed by atoms with E-state index in [-0.39, 0.29) is 23.9 Å². The molecule has 4 N–H and O–H groups in total. The van der Waals surface area contributed by atoms with Gasteiger partial charge in [-0.2, -0.15) is 0 Å². The zero-order chi connectivity index (χ0) is 29.3. The van der Waals surface area contributed by atoms with Crippen molar-refractivity contribution in [2.24, 2.45) is 5.41 Å². The van der Waals surface area contributed by atoms with Crippen LogP contribution < -0.4 is 15.3 Å². The Kier molecular flexibility index (Phi) is 8.80. The molecule has 0 bridgehead atoms. The van der Waals surface area contributed by atoms with Gasteiger partial charge in [-0.05, 0) is 56.5 Å². The maximum atomic E-state index is 14.1. The molecule has 4 rings (SSSR count). The lowest BCUT2D eigenvalue weighted by molar-refractivity contribution is -0.0612. The molecule has 2 unspecified atom stereocenters. The number of benzene rings is 2. The van der Waals surface area contributed by atoms with Crippen LogP contribution in [-0.2, 0) is 26.2 Å². The minimum absolute atomic E-state index is 0.105. The number of pyridine rings is 1. The first kappa shape index (κ1) is 30.2. The van der Waals surface area contributed by atoms with Crippen LogP contribution >= 0.6 is 19.3 Å². The fourth-order valence-electron chi connectivity index (χ4n) is 4.08. The van der Waals surface area contributed by atoms with Crippen LogP contribution in [0.1, 0.15) is 47.4 Å². The normalized spacial score (nSPS) is 16.1. The van der Waals surface area contributed by atoms with Crippen LogP contribution in [0.25, 0.3) is 21.9 Å². The van der Waals surface area contributed by atoms with Crippen LogP contribution in [-0.4, -0.2) is 38.9 Å². The van der Waals surface area contributed by atoms with Gasteiger partial charge in [-0.25, -0.2) is 19.6 Å². The molecule has 0 amide bonds. The van der Waals surface area contributed by atoms with E-state index in [1.165, 1.54) is 0 Å². The van der Waals surface area contributed by atoms with Crippen LogP contribution in [0, 0.1) is 5.41 Å². The summed E-state index contributed by atoms with van der Waals surface area (Å²) >= 11 is 6.02. The van der Waals surface area contributed by atoms with Crippen LogP contribution in [0.15, 0.2) is 48.5 Å². The summed E-state index contributed by atoms with van der Waals surface area (Å²) in [7, 11) is -4.02. The lowest BCUT2D eigenvalue weighted by Crippen LogP contribution is -2.40. The summed E-state index contributed by atoms with van der Waals surface area (Å²) < 4.78 is 33.3. The smallest absolute Gasteiger partial charge is 0.413 e. The Bertz CT molecular complexity index is 1530. The van der Waals surface area contributed by atoms with Gasteiger partial charge >= 0.3 is 7.75 Å². The second-order valence-electron chi connectivity index (χ2n) is 11.0. The number of nitrogens with zero attached hydrogens (tertiary/aromatic N) is 3. The van der Waals surface area contributed by atoms with Crippen molar-refractivity contribution >= 4 is 47.1 Å². The van der Waals surface area contributed by atoms with Gasteiger partial charge in [0.15, 0.2) is 11.5 Å². The number of fused-ring (bicyclic) bond motifs is 3. The Balaban J connectivity index is 1.76. The number of para-hydroxylation sites is 1. The first-order valence-corrected chi connectivity index (χ1v) is 15.0. The fraction of sp³-hybridized carbons (Fsp3) is 0.429. The number of rotatable bonds is 11. The Hall–Kier alpha value is -2.72. The lowest BCUT2D eigenvalue weighted by Gasteiger charge is -2.33. The van der Waals surface area contributed by atoms with E-state index in [4.69, 9.17) is 31.1 Å². The van der Waals surface area contributed by atoms with Crippen molar-refractivity contribution in [2.75, 3.05) is 18.9 Å². The number of aromatic nitrogens is 3. The van der Waals surface area contributed by atoms with Gasteiger partial charge in [0, 0.05) is 23.1 Å². The average molecular weight is 590 g/mol. The number of anilines is 1. The maximum Gasteiger partial charge on any atom is 0.459 e. The number of nitrogens with two attached hydrogens (primary N) is 1. The number of aliphatic hydroxyl groups is 1. The molecule has 10 nitrogen and oxygen atoms in total. The third-order valence-electron chi connectivity index (χ3n) is 6.70. The Labute approximate surface area is 239 Å². The molecular weight excluding hydrogens is 553 g/mol. The fourth-order valence-corrected chi connectivity index (χ4v) is 6.06. The third-order valence-corrected chi connectivity index (χ3v) is 8.58. The predicted octanol–water partition coefficient (Wildman–Crippen LogP) is 6.25. The van der Waals surface area contributed by atoms with Crippen molar-refractivity contribution in [3.8, 4) is 5.75 Å². The van der Waals surface area contributed by atoms with E-state index in [2.05, 4.69) is 15.1 Å². The quantitative estimate of drug-likeness (QED) is 0.174. The SMILES string of the molecule is CCOCc1nc2c(N)nc3ccccc3c2n1C(C)(O)COP(=O)(N[C@@H](C)C(C)(C)C)Oc1ccc(Cl)cc1. The number of imidazole rings is 1. The summed E-state index contributed by atoms with van der Waals surface area (Å²) in [5.41, 5.74) is 5.91. The number of nitrogen functional groups attached to an aromatic ring is 1. The molecule has 0 saturated heterocycles. The molecule has 216 valence electrons. The topological polar surface area (TPSA) is 134 Å². The van der Waals surface area contributed by atoms with Gasteiger partial charge in [-0.1, -0.05) is 50.6 Å². The summed E-state index contributed by atoms with van der Waals surface area (Å²) in [5, 5.41) is 16.2. The summed E-state index contributed by atoms with van der Waals surface area (Å²) in [5.74, 6) is 0.940. The van der Waals surface area contributed by atoms with Crippen LogP contribution in [0.2, 0.25) is 5.02 Å². The van der Waals surface area contributed by atoms with Crippen molar-refractivity contribution in [3.63, 3.8) is 0 Å². The molecule has 12 heteroatoms. The van der Waals surface area contributed by atoms with Crippen molar-refractivity contribution in [3.05, 3.63) is 59.4 Å². The highest BCUT2D eigenvalue weighted by Crippen LogP contribution is 2.47. The molecule has 0 aliphatic heterocycles. The molecule has 0 aliphatic rings. The molecule has 4 aromatic rings. The van der Waals surface area contributed by atoms with E-state index in [0.717, 1.165) is 5.39 Å². The van der Waals surface area contributed by atoms with Crippen LogP contribution in [0.5, 0.6) is 5.75 Å². The number of hydrogen-bond acceptors (Lipinski definition) is 8. The zero-order valence-corrected chi connectivity index (χ0v) is 25.3. The minimum Gasteiger partial charge on any atom is -0.413 e. The lowest BCUT2D eigenvalue weighted by atomic mass is 9.89. The molecule has 0 spiro atoms.